The van der Waals surface area contributed by atoms with Crippen molar-refractivity contribution in [3.05, 3.63) is 18.0 Å². The van der Waals surface area contributed by atoms with Crippen molar-refractivity contribution >= 4 is 10.8 Å². The molecular formula is C8H15N3OS. The fraction of sp³-hybridized carbons (Fsp3) is 0.625. The van der Waals surface area contributed by atoms with E-state index in [1.165, 1.54) is 0 Å². The molecule has 1 aromatic heterocycles. The van der Waals surface area contributed by atoms with Crippen LogP contribution in [0.1, 0.15) is 12.1 Å². The Morgan fingerprint density at radius 3 is 3.15 bits per heavy atom. The van der Waals surface area contributed by atoms with Crippen LogP contribution in [0.5, 0.6) is 0 Å². The minimum Gasteiger partial charge on any atom is -0.311 e. The van der Waals surface area contributed by atoms with E-state index in [4.69, 9.17) is 0 Å². The van der Waals surface area contributed by atoms with Crippen molar-refractivity contribution in [3.8, 4) is 0 Å². The normalized spacial score (nSPS) is 13.0. The highest BCUT2D eigenvalue weighted by Gasteiger charge is 1.93. The van der Waals surface area contributed by atoms with Crippen LogP contribution in [0.4, 0.5) is 0 Å². The molecule has 0 spiro atoms. The maximum Gasteiger partial charge on any atom is 0.0490 e. The zero-order valence-electron chi connectivity index (χ0n) is 7.75. The number of aromatic nitrogens is 2. The summed E-state index contributed by atoms with van der Waals surface area (Å²) in [5.41, 5.74) is 1.08. The summed E-state index contributed by atoms with van der Waals surface area (Å²) in [6, 6.07) is 1.94. The van der Waals surface area contributed by atoms with E-state index in [9.17, 15) is 4.21 Å². The molecule has 1 atom stereocenters. The maximum atomic E-state index is 10.7. The van der Waals surface area contributed by atoms with Gasteiger partial charge in [0.25, 0.3) is 0 Å². The highest BCUT2D eigenvalue weighted by atomic mass is 32.2. The van der Waals surface area contributed by atoms with E-state index in [1.807, 2.05) is 6.07 Å². The fourth-order valence-corrected chi connectivity index (χ4v) is 1.56. The molecule has 0 aliphatic carbocycles. The lowest BCUT2D eigenvalue weighted by molar-refractivity contribution is 0.654. The molecule has 0 radical (unpaired) electrons. The van der Waals surface area contributed by atoms with Gasteiger partial charge in [0.2, 0.25) is 0 Å². The number of hydrogen-bond donors (Lipinski definition) is 2. The van der Waals surface area contributed by atoms with Gasteiger partial charge in [-0.1, -0.05) is 0 Å². The first-order valence-corrected chi connectivity index (χ1v) is 6.01. The van der Waals surface area contributed by atoms with Crippen LogP contribution in [0.25, 0.3) is 0 Å². The fourth-order valence-electron chi connectivity index (χ4n) is 1.01. The van der Waals surface area contributed by atoms with Crippen LogP contribution in [0.15, 0.2) is 12.3 Å². The van der Waals surface area contributed by atoms with Crippen molar-refractivity contribution in [3.63, 3.8) is 0 Å². The number of H-pyrrole nitrogens is 1. The third-order valence-corrected chi connectivity index (χ3v) is 2.52. The van der Waals surface area contributed by atoms with Crippen molar-refractivity contribution < 1.29 is 4.21 Å². The molecule has 0 aromatic carbocycles. The van der Waals surface area contributed by atoms with Crippen molar-refractivity contribution in [2.45, 2.75) is 13.0 Å². The summed E-state index contributed by atoms with van der Waals surface area (Å²) in [5, 5.41) is 9.94. The average molecular weight is 201 g/mol. The number of nitrogens with one attached hydrogen (secondary N) is 2. The molecule has 0 fully saturated rings. The van der Waals surface area contributed by atoms with Gasteiger partial charge in [-0.25, -0.2) is 0 Å². The van der Waals surface area contributed by atoms with Crippen molar-refractivity contribution in [2.24, 2.45) is 0 Å². The standard InChI is InChI=1S/C8H15N3OS/c1-13(12)6-2-4-9-7-8-3-5-10-11-8/h3,5,9H,2,4,6-7H2,1H3,(H,10,11). The third-order valence-electron chi connectivity index (χ3n) is 1.66. The molecule has 0 saturated heterocycles. The molecule has 0 amide bonds. The lowest BCUT2D eigenvalue weighted by atomic mass is 10.4. The van der Waals surface area contributed by atoms with Gasteiger partial charge >= 0.3 is 0 Å². The lowest BCUT2D eigenvalue weighted by Crippen LogP contribution is -2.16. The molecule has 0 aliphatic heterocycles. The van der Waals surface area contributed by atoms with Crippen molar-refractivity contribution in [2.75, 3.05) is 18.6 Å². The van der Waals surface area contributed by atoms with E-state index >= 15 is 0 Å². The molecule has 13 heavy (non-hydrogen) atoms. The summed E-state index contributed by atoms with van der Waals surface area (Å²) >= 11 is 0. The van der Waals surface area contributed by atoms with Gasteiger partial charge in [-0.05, 0) is 19.0 Å². The van der Waals surface area contributed by atoms with E-state index in [0.717, 1.165) is 31.0 Å². The number of rotatable bonds is 6. The van der Waals surface area contributed by atoms with Crippen LogP contribution in [0.2, 0.25) is 0 Å². The zero-order chi connectivity index (χ0) is 9.52. The molecule has 74 valence electrons. The molecule has 1 aromatic rings. The van der Waals surface area contributed by atoms with Crippen LogP contribution in [0.3, 0.4) is 0 Å². The minimum absolute atomic E-state index is 0.666. The number of aromatic amines is 1. The maximum absolute atomic E-state index is 10.7. The Balaban J connectivity index is 1.99. The van der Waals surface area contributed by atoms with E-state index < -0.39 is 10.8 Å². The molecule has 1 rings (SSSR count). The van der Waals surface area contributed by atoms with Crippen LogP contribution in [-0.2, 0) is 17.3 Å². The highest BCUT2D eigenvalue weighted by molar-refractivity contribution is 7.84. The molecule has 1 heterocycles. The second kappa shape index (κ2) is 5.88. The average Bonchev–Trinajstić information content (AvgIpc) is 2.55. The smallest absolute Gasteiger partial charge is 0.0490 e. The molecule has 1 unspecified atom stereocenters. The first-order chi connectivity index (χ1) is 6.29. The van der Waals surface area contributed by atoms with Crippen LogP contribution >= 0.6 is 0 Å². The number of hydrogen-bond acceptors (Lipinski definition) is 3. The first-order valence-electron chi connectivity index (χ1n) is 4.28. The summed E-state index contributed by atoms with van der Waals surface area (Å²) < 4.78 is 10.7. The lowest BCUT2D eigenvalue weighted by Gasteiger charge is -2.00. The predicted molar refractivity (Wildman–Crippen MR) is 53.8 cm³/mol. The summed E-state index contributed by atoms with van der Waals surface area (Å²) in [4.78, 5) is 0. The molecule has 0 aliphatic rings. The second-order valence-corrected chi connectivity index (χ2v) is 4.44. The quantitative estimate of drug-likeness (QED) is 0.649. The molecule has 0 saturated carbocycles. The van der Waals surface area contributed by atoms with Gasteiger partial charge in [0, 0.05) is 41.2 Å². The Kier molecular flexibility index (Phi) is 4.70. The summed E-state index contributed by atoms with van der Waals surface area (Å²) in [7, 11) is -0.666. The Hall–Kier alpha value is -0.680. The molecule has 4 nitrogen and oxygen atoms in total. The highest BCUT2D eigenvalue weighted by Crippen LogP contribution is 1.90. The Bertz CT molecular complexity index is 248. The van der Waals surface area contributed by atoms with Gasteiger partial charge in [-0.15, -0.1) is 0 Å². The topological polar surface area (TPSA) is 57.8 Å². The van der Waals surface area contributed by atoms with Gasteiger partial charge in [0.15, 0.2) is 0 Å². The van der Waals surface area contributed by atoms with E-state index in [1.54, 1.807) is 12.5 Å². The van der Waals surface area contributed by atoms with E-state index in [-0.39, 0.29) is 0 Å². The Labute approximate surface area is 80.6 Å². The Morgan fingerprint density at radius 1 is 1.69 bits per heavy atom. The van der Waals surface area contributed by atoms with Gasteiger partial charge in [-0.3, -0.25) is 9.31 Å². The van der Waals surface area contributed by atoms with Crippen molar-refractivity contribution in [1.82, 2.24) is 15.5 Å². The van der Waals surface area contributed by atoms with Crippen LogP contribution < -0.4 is 5.32 Å². The zero-order valence-corrected chi connectivity index (χ0v) is 8.56. The molecular weight excluding hydrogens is 186 g/mol. The summed E-state index contributed by atoms with van der Waals surface area (Å²) in [5.74, 6) is 0.774. The summed E-state index contributed by atoms with van der Waals surface area (Å²) in [6.07, 6.45) is 4.42. The second-order valence-electron chi connectivity index (χ2n) is 2.89. The van der Waals surface area contributed by atoms with E-state index in [2.05, 4.69) is 15.5 Å². The molecule has 2 N–H and O–H groups in total. The summed E-state index contributed by atoms with van der Waals surface area (Å²) in [6.45, 7) is 1.70. The monoisotopic (exact) mass is 201 g/mol. The van der Waals surface area contributed by atoms with E-state index in [0.29, 0.717) is 0 Å². The van der Waals surface area contributed by atoms with Crippen LogP contribution in [-0.4, -0.2) is 33.0 Å². The molecule has 5 heteroatoms. The third kappa shape index (κ3) is 4.80. The molecule has 0 bridgehead atoms. The van der Waals surface area contributed by atoms with Crippen molar-refractivity contribution in [1.29, 1.82) is 0 Å². The Morgan fingerprint density at radius 2 is 2.54 bits per heavy atom. The van der Waals surface area contributed by atoms with Crippen LogP contribution in [0, 0.1) is 0 Å². The number of nitrogens with zero attached hydrogens (tertiary/aromatic N) is 1. The minimum atomic E-state index is -0.666. The van der Waals surface area contributed by atoms with Gasteiger partial charge in [0.1, 0.15) is 0 Å². The SMILES string of the molecule is CS(=O)CCCNCc1ccn[nH]1. The first kappa shape index (κ1) is 10.4. The van der Waals surface area contributed by atoms with Gasteiger partial charge in [0.05, 0.1) is 0 Å². The van der Waals surface area contributed by atoms with Gasteiger partial charge in [-0.2, -0.15) is 5.10 Å². The largest absolute Gasteiger partial charge is 0.311 e. The van der Waals surface area contributed by atoms with Gasteiger partial charge < -0.3 is 5.32 Å². The predicted octanol–water partition coefficient (Wildman–Crippen LogP) is 0.268.